The number of alkyl halides is 1. The van der Waals surface area contributed by atoms with E-state index in [1.165, 1.54) is 64.2 Å². The largest absolute Gasteiger partial charge is 0.396 e. The Labute approximate surface area is 116 Å². The van der Waals surface area contributed by atoms with Crippen LogP contribution in [0.25, 0.3) is 0 Å². The Bertz CT molecular complexity index is 157. The third-order valence-electron chi connectivity index (χ3n) is 2.97. The van der Waals surface area contributed by atoms with Gasteiger partial charge in [0.2, 0.25) is 0 Å². The van der Waals surface area contributed by atoms with Crippen LogP contribution in [0.5, 0.6) is 0 Å². The van der Waals surface area contributed by atoms with Crippen LogP contribution in [0.1, 0.15) is 70.6 Å². The molecule has 0 saturated heterocycles. The van der Waals surface area contributed by atoms with Gasteiger partial charge in [-0.1, -0.05) is 73.0 Å². The van der Waals surface area contributed by atoms with Crippen molar-refractivity contribution < 1.29 is 5.11 Å². The number of rotatable bonds is 13. The van der Waals surface area contributed by atoms with Gasteiger partial charge in [-0.3, -0.25) is 0 Å². The van der Waals surface area contributed by atoms with Crippen molar-refractivity contribution in [1.29, 1.82) is 0 Å². The van der Waals surface area contributed by atoms with Gasteiger partial charge in [-0.2, -0.15) is 0 Å². The average molecular weight is 305 g/mol. The molecular formula is C15H29BrO. The summed E-state index contributed by atoms with van der Waals surface area (Å²) in [6.45, 7) is 0.283. The summed E-state index contributed by atoms with van der Waals surface area (Å²) < 4.78 is 0. The molecule has 0 aromatic heterocycles. The molecule has 0 aliphatic carbocycles. The predicted octanol–water partition coefficient (Wildman–Crippen LogP) is 5.22. The molecule has 0 atom stereocenters. The number of aliphatic hydroxyl groups excluding tert-OH is 1. The first kappa shape index (κ1) is 17.2. The molecule has 0 heterocycles. The van der Waals surface area contributed by atoms with Crippen LogP contribution in [0, 0.1) is 0 Å². The molecule has 102 valence electrons. The van der Waals surface area contributed by atoms with Crippen molar-refractivity contribution in [1.82, 2.24) is 0 Å². The van der Waals surface area contributed by atoms with Crippen LogP contribution in [0.3, 0.4) is 0 Å². The Morgan fingerprint density at radius 1 is 0.647 bits per heavy atom. The third-order valence-corrected chi connectivity index (χ3v) is 3.53. The maximum Gasteiger partial charge on any atom is 0.0465 e. The zero-order chi connectivity index (χ0) is 12.6. The van der Waals surface area contributed by atoms with Gasteiger partial charge in [0, 0.05) is 11.9 Å². The predicted molar refractivity (Wildman–Crippen MR) is 80.8 cm³/mol. The molecule has 0 amide bonds. The van der Waals surface area contributed by atoms with Gasteiger partial charge >= 0.3 is 0 Å². The number of hydrogen-bond donors (Lipinski definition) is 1. The van der Waals surface area contributed by atoms with Gasteiger partial charge in [0.05, 0.1) is 0 Å². The first-order valence-electron chi connectivity index (χ1n) is 7.23. The van der Waals surface area contributed by atoms with Crippen molar-refractivity contribution in [3.63, 3.8) is 0 Å². The molecular weight excluding hydrogens is 276 g/mol. The molecule has 1 N–H and O–H groups in total. The zero-order valence-corrected chi connectivity index (χ0v) is 12.8. The highest BCUT2D eigenvalue weighted by Gasteiger charge is 1.91. The summed E-state index contributed by atoms with van der Waals surface area (Å²) in [5, 5.41) is 9.75. The second-order valence-electron chi connectivity index (χ2n) is 4.64. The molecule has 0 aromatic rings. The van der Waals surface area contributed by atoms with E-state index in [9.17, 15) is 0 Å². The van der Waals surface area contributed by atoms with Crippen LogP contribution in [-0.2, 0) is 0 Å². The van der Waals surface area contributed by atoms with Crippen molar-refractivity contribution in [2.75, 3.05) is 11.9 Å². The van der Waals surface area contributed by atoms with Gasteiger partial charge in [0.15, 0.2) is 0 Å². The standard InChI is InChI=1S/C15H29BrO/c16-14-12-10-8-6-4-2-1-3-5-7-9-11-13-15-17/h9,11,17H,1-8,10,12-15H2/b11-9-. The molecule has 0 bridgehead atoms. The average Bonchev–Trinajstić information content (AvgIpc) is 2.35. The van der Waals surface area contributed by atoms with Crippen molar-refractivity contribution in [2.45, 2.75) is 70.6 Å². The van der Waals surface area contributed by atoms with E-state index in [1.807, 2.05) is 0 Å². The van der Waals surface area contributed by atoms with Gasteiger partial charge in [0.25, 0.3) is 0 Å². The van der Waals surface area contributed by atoms with E-state index in [0.29, 0.717) is 0 Å². The smallest absolute Gasteiger partial charge is 0.0465 e. The first-order valence-corrected chi connectivity index (χ1v) is 8.35. The van der Waals surface area contributed by atoms with Crippen molar-refractivity contribution in [2.24, 2.45) is 0 Å². The maximum absolute atomic E-state index is 8.59. The van der Waals surface area contributed by atoms with Crippen LogP contribution in [0.2, 0.25) is 0 Å². The van der Waals surface area contributed by atoms with Gasteiger partial charge in [-0.15, -0.1) is 0 Å². The van der Waals surface area contributed by atoms with E-state index in [1.54, 1.807) is 0 Å². The van der Waals surface area contributed by atoms with Crippen molar-refractivity contribution >= 4 is 15.9 Å². The lowest BCUT2D eigenvalue weighted by Crippen LogP contribution is -1.82. The summed E-state index contributed by atoms with van der Waals surface area (Å²) in [7, 11) is 0. The number of allylic oxidation sites excluding steroid dienone is 1. The fourth-order valence-corrected chi connectivity index (χ4v) is 2.30. The first-order chi connectivity index (χ1) is 8.41. The molecule has 1 nitrogen and oxygen atoms in total. The van der Waals surface area contributed by atoms with Gasteiger partial charge in [0.1, 0.15) is 0 Å². The van der Waals surface area contributed by atoms with E-state index >= 15 is 0 Å². The highest BCUT2D eigenvalue weighted by atomic mass is 79.9. The summed E-state index contributed by atoms with van der Waals surface area (Å²) in [4.78, 5) is 0. The zero-order valence-electron chi connectivity index (χ0n) is 11.2. The molecule has 0 aliphatic heterocycles. The highest BCUT2D eigenvalue weighted by molar-refractivity contribution is 9.09. The Hall–Kier alpha value is 0.180. The molecule has 0 fully saturated rings. The monoisotopic (exact) mass is 304 g/mol. The Morgan fingerprint density at radius 3 is 1.65 bits per heavy atom. The number of halogens is 1. The molecule has 0 aromatic carbocycles. The lowest BCUT2D eigenvalue weighted by molar-refractivity contribution is 0.302. The van der Waals surface area contributed by atoms with E-state index in [4.69, 9.17) is 5.11 Å². The minimum Gasteiger partial charge on any atom is -0.396 e. The molecule has 0 saturated carbocycles. The maximum atomic E-state index is 8.59. The second-order valence-corrected chi connectivity index (χ2v) is 5.44. The second kappa shape index (κ2) is 16.2. The van der Waals surface area contributed by atoms with Crippen LogP contribution < -0.4 is 0 Å². The number of aliphatic hydroxyl groups is 1. The third kappa shape index (κ3) is 16.2. The van der Waals surface area contributed by atoms with E-state index < -0.39 is 0 Å². The minimum atomic E-state index is 0.283. The van der Waals surface area contributed by atoms with Crippen molar-refractivity contribution in [3.8, 4) is 0 Å². The summed E-state index contributed by atoms with van der Waals surface area (Å²) in [6.07, 6.45) is 18.7. The lowest BCUT2D eigenvalue weighted by Gasteiger charge is -2.01. The van der Waals surface area contributed by atoms with Crippen LogP contribution in [0.15, 0.2) is 12.2 Å². The van der Waals surface area contributed by atoms with E-state index in [0.717, 1.165) is 11.8 Å². The lowest BCUT2D eigenvalue weighted by atomic mass is 10.1. The summed E-state index contributed by atoms with van der Waals surface area (Å²) in [5.74, 6) is 0. The highest BCUT2D eigenvalue weighted by Crippen LogP contribution is 2.11. The fraction of sp³-hybridized carbons (Fsp3) is 0.867. The molecule has 2 heteroatoms. The van der Waals surface area contributed by atoms with Crippen LogP contribution in [-0.4, -0.2) is 17.0 Å². The SMILES string of the molecule is OCC/C=C\CCCCCCCCCCCBr. The molecule has 0 spiro atoms. The molecule has 17 heavy (non-hydrogen) atoms. The molecule has 0 rings (SSSR count). The molecule has 0 radical (unpaired) electrons. The molecule has 0 unspecified atom stereocenters. The van der Waals surface area contributed by atoms with Crippen LogP contribution in [0.4, 0.5) is 0 Å². The summed E-state index contributed by atoms with van der Waals surface area (Å²) >= 11 is 3.46. The van der Waals surface area contributed by atoms with Crippen LogP contribution >= 0.6 is 15.9 Å². The van der Waals surface area contributed by atoms with E-state index in [-0.39, 0.29) is 6.61 Å². The molecule has 0 aliphatic rings. The number of hydrogen-bond acceptors (Lipinski definition) is 1. The van der Waals surface area contributed by atoms with Gasteiger partial charge in [-0.25, -0.2) is 0 Å². The van der Waals surface area contributed by atoms with E-state index in [2.05, 4.69) is 28.1 Å². The Morgan fingerprint density at radius 2 is 1.12 bits per heavy atom. The topological polar surface area (TPSA) is 20.2 Å². The quantitative estimate of drug-likeness (QED) is 0.281. The minimum absolute atomic E-state index is 0.283. The summed E-state index contributed by atoms with van der Waals surface area (Å²) in [6, 6.07) is 0. The Kier molecular flexibility index (Phi) is 16.4. The van der Waals surface area contributed by atoms with Gasteiger partial charge < -0.3 is 5.11 Å². The fourth-order valence-electron chi connectivity index (χ4n) is 1.90. The number of unbranched alkanes of at least 4 members (excludes halogenated alkanes) is 9. The van der Waals surface area contributed by atoms with Gasteiger partial charge in [-0.05, 0) is 25.7 Å². The summed E-state index contributed by atoms with van der Waals surface area (Å²) in [5.41, 5.74) is 0. The normalized spacial score (nSPS) is 11.4. The van der Waals surface area contributed by atoms with Crippen molar-refractivity contribution in [3.05, 3.63) is 12.2 Å². The Balaban J connectivity index is 2.94.